The highest BCUT2D eigenvalue weighted by atomic mass is 35.5. The van der Waals surface area contributed by atoms with Gasteiger partial charge in [0.15, 0.2) is 5.82 Å². The van der Waals surface area contributed by atoms with E-state index < -0.39 is 10.7 Å². The molecule has 1 N–H and O–H groups in total. The Morgan fingerprint density at radius 2 is 2.16 bits per heavy atom. The van der Waals surface area contributed by atoms with E-state index in [4.69, 9.17) is 11.6 Å². The summed E-state index contributed by atoms with van der Waals surface area (Å²) in [6.45, 7) is 1.79. The molecule has 100 valence electrons. The fourth-order valence-corrected chi connectivity index (χ4v) is 2.72. The molecule has 4 nitrogen and oxygen atoms in total. The Kier molecular flexibility index (Phi) is 4.01. The highest BCUT2D eigenvalue weighted by Crippen LogP contribution is 2.33. The third-order valence-electron chi connectivity index (χ3n) is 2.57. The van der Waals surface area contributed by atoms with Crippen LogP contribution in [-0.2, 0) is 0 Å². The van der Waals surface area contributed by atoms with Crippen LogP contribution in [0, 0.1) is 15.9 Å². The molecule has 1 heterocycles. The van der Waals surface area contributed by atoms with E-state index in [1.165, 1.54) is 29.5 Å². The highest BCUT2D eigenvalue weighted by Gasteiger charge is 2.20. The molecule has 0 saturated carbocycles. The molecule has 1 aromatic carbocycles. The van der Waals surface area contributed by atoms with Crippen LogP contribution in [0.2, 0.25) is 4.34 Å². The molecule has 0 spiro atoms. The summed E-state index contributed by atoms with van der Waals surface area (Å²) in [6.07, 6.45) is 0. The summed E-state index contributed by atoms with van der Waals surface area (Å²) in [6, 6.07) is 7.02. The predicted octanol–water partition coefficient (Wildman–Crippen LogP) is 4.62. The summed E-state index contributed by atoms with van der Waals surface area (Å²) < 4.78 is 14.3. The molecule has 0 amide bonds. The summed E-state index contributed by atoms with van der Waals surface area (Å²) in [5.74, 6) is -0.649. The first-order valence-electron chi connectivity index (χ1n) is 5.43. The van der Waals surface area contributed by atoms with Crippen molar-refractivity contribution in [3.05, 3.63) is 55.5 Å². The van der Waals surface area contributed by atoms with Crippen molar-refractivity contribution in [3.63, 3.8) is 0 Å². The molecular weight excluding hydrogens is 291 g/mol. The number of thiophene rings is 1. The number of para-hydroxylation sites is 1. The Bertz CT molecular complexity index is 618. The Balaban J connectivity index is 2.30. The quantitative estimate of drug-likeness (QED) is 0.662. The van der Waals surface area contributed by atoms with Crippen molar-refractivity contribution in [1.82, 2.24) is 0 Å². The number of benzene rings is 1. The number of nitrogens with one attached hydrogen (secondary N) is 1. The Morgan fingerprint density at radius 3 is 2.74 bits per heavy atom. The third-order valence-corrected chi connectivity index (χ3v) is 3.98. The van der Waals surface area contributed by atoms with Gasteiger partial charge >= 0.3 is 0 Å². The van der Waals surface area contributed by atoms with Gasteiger partial charge in [-0.25, -0.2) is 4.39 Å². The minimum atomic E-state index is -0.649. The fraction of sp³-hybridized carbons (Fsp3) is 0.167. The molecule has 1 atom stereocenters. The Morgan fingerprint density at radius 1 is 1.42 bits per heavy atom. The zero-order valence-corrected chi connectivity index (χ0v) is 11.5. The van der Waals surface area contributed by atoms with Crippen molar-refractivity contribution in [1.29, 1.82) is 0 Å². The van der Waals surface area contributed by atoms with Crippen LogP contribution in [0.15, 0.2) is 30.3 Å². The second-order valence-electron chi connectivity index (χ2n) is 3.90. The van der Waals surface area contributed by atoms with Crippen LogP contribution >= 0.6 is 22.9 Å². The highest BCUT2D eigenvalue weighted by molar-refractivity contribution is 7.16. The molecule has 0 bridgehead atoms. The van der Waals surface area contributed by atoms with E-state index in [-0.39, 0.29) is 17.4 Å². The lowest BCUT2D eigenvalue weighted by Gasteiger charge is -2.14. The van der Waals surface area contributed by atoms with Gasteiger partial charge in [-0.2, -0.15) is 0 Å². The van der Waals surface area contributed by atoms with E-state index in [2.05, 4.69) is 5.32 Å². The first-order valence-corrected chi connectivity index (χ1v) is 6.63. The van der Waals surface area contributed by atoms with E-state index in [9.17, 15) is 14.5 Å². The minimum absolute atomic E-state index is 0.107. The number of rotatable bonds is 4. The van der Waals surface area contributed by atoms with Crippen LogP contribution < -0.4 is 5.32 Å². The zero-order chi connectivity index (χ0) is 14.0. The van der Waals surface area contributed by atoms with Gasteiger partial charge in [0.2, 0.25) is 0 Å². The molecule has 0 aliphatic rings. The van der Waals surface area contributed by atoms with Crippen LogP contribution in [0.25, 0.3) is 0 Å². The summed E-state index contributed by atoms with van der Waals surface area (Å²) >= 11 is 7.17. The molecule has 1 unspecified atom stereocenters. The van der Waals surface area contributed by atoms with Crippen molar-refractivity contribution in [3.8, 4) is 0 Å². The summed E-state index contributed by atoms with van der Waals surface area (Å²) in [5, 5.41) is 13.7. The lowest BCUT2D eigenvalue weighted by molar-refractivity contribution is -0.384. The average molecular weight is 301 g/mol. The number of nitrogens with zero attached hydrogens (tertiary/aromatic N) is 1. The number of nitro benzene ring substituents is 1. The maximum atomic E-state index is 13.7. The predicted molar refractivity (Wildman–Crippen MR) is 74.4 cm³/mol. The van der Waals surface area contributed by atoms with Crippen LogP contribution in [0.3, 0.4) is 0 Å². The molecule has 0 radical (unpaired) electrons. The van der Waals surface area contributed by atoms with E-state index in [0.29, 0.717) is 4.34 Å². The van der Waals surface area contributed by atoms with Gasteiger partial charge in [-0.1, -0.05) is 17.7 Å². The largest absolute Gasteiger partial charge is 0.370 e. The molecule has 7 heteroatoms. The molecular formula is C12H10ClFN2O2S. The van der Waals surface area contributed by atoms with Gasteiger partial charge in [-0.05, 0) is 25.1 Å². The average Bonchev–Trinajstić information content (AvgIpc) is 2.78. The van der Waals surface area contributed by atoms with E-state index >= 15 is 0 Å². The lowest BCUT2D eigenvalue weighted by Crippen LogP contribution is -2.08. The number of anilines is 1. The van der Waals surface area contributed by atoms with E-state index in [0.717, 1.165) is 4.88 Å². The summed E-state index contributed by atoms with van der Waals surface area (Å²) in [4.78, 5) is 11.1. The normalized spacial score (nSPS) is 12.2. The van der Waals surface area contributed by atoms with Crippen LogP contribution in [0.5, 0.6) is 0 Å². The third kappa shape index (κ3) is 3.02. The van der Waals surface area contributed by atoms with E-state index in [1.807, 2.05) is 0 Å². The molecule has 0 fully saturated rings. The monoisotopic (exact) mass is 300 g/mol. The molecule has 2 aromatic rings. The van der Waals surface area contributed by atoms with Crippen molar-refractivity contribution in [2.45, 2.75) is 13.0 Å². The summed E-state index contributed by atoms with van der Waals surface area (Å²) in [7, 11) is 0. The zero-order valence-electron chi connectivity index (χ0n) is 9.89. The van der Waals surface area contributed by atoms with Crippen LogP contribution in [0.4, 0.5) is 15.8 Å². The van der Waals surface area contributed by atoms with Gasteiger partial charge < -0.3 is 5.32 Å². The van der Waals surface area contributed by atoms with Gasteiger partial charge in [0, 0.05) is 10.9 Å². The minimum Gasteiger partial charge on any atom is -0.370 e. The number of halogens is 2. The molecule has 2 rings (SSSR count). The van der Waals surface area contributed by atoms with Gasteiger partial charge in [0.05, 0.1) is 15.3 Å². The van der Waals surface area contributed by atoms with Gasteiger partial charge in [0.1, 0.15) is 5.69 Å². The maximum Gasteiger partial charge on any atom is 0.295 e. The molecule has 0 aliphatic heterocycles. The Hall–Kier alpha value is -1.66. The molecule has 1 aromatic heterocycles. The topological polar surface area (TPSA) is 55.2 Å². The van der Waals surface area contributed by atoms with Crippen molar-refractivity contribution in [2.75, 3.05) is 5.32 Å². The van der Waals surface area contributed by atoms with E-state index in [1.54, 1.807) is 19.1 Å². The number of nitro groups is 1. The standard InChI is InChI=1S/C12H10ClFN2O2S/c1-7(10-5-6-11(13)19-10)15-12-8(14)3-2-4-9(12)16(17)18/h2-7,15H,1H3. The Labute approximate surface area is 118 Å². The van der Waals surface area contributed by atoms with Crippen LogP contribution in [0.1, 0.15) is 17.8 Å². The molecule has 0 saturated heterocycles. The SMILES string of the molecule is CC(Nc1c(F)cccc1[N+](=O)[O-])c1ccc(Cl)s1. The smallest absolute Gasteiger partial charge is 0.295 e. The maximum absolute atomic E-state index is 13.7. The van der Waals surface area contributed by atoms with Gasteiger partial charge in [-0.15, -0.1) is 11.3 Å². The van der Waals surface area contributed by atoms with Crippen molar-refractivity contribution >= 4 is 34.3 Å². The van der Waals surface area contributed by atoms with Crippen molar-refractivity contribution in [2.24, 2.45) is 0 Å². The molecule has 0 aliphatic carbocycles. The summed E-state index contributed by atoms with van der Waals surface area (Å²) in [5.41, 5.74) is -0.390. The van der Waals surface area contributed by atoms with Gasteiger partial charge in [0.25, 0.3) is 5.69 Å². The number of hydrogen-bond donors (Lipinski definition) is 1. The second kappa shape index (κ2) is 5.54. The lowest BCUT2D eigenvalue weighted by atomic mass is 10.2. The fourth-order valence-electron chi connectivity index (χ4n) is 1.66. The van der Waals surface area contributed by atoms with Crippen molar-refractivity contribution < 1.29 is 9.31 Å². The van der Waals surface area contributed by atoms with Crippen LogP contribution in [-0.4, -0.2) is 4.92 Å². The first-order chi connectivity index (χ1) is 8.99. The number of hydrogen-bond acceptors (Lipinski definition) is 4. The first kappa shape index (κ1) is 13.8. The van der Waals surface area contributed by atoms with Gasteiger partial charge in [-0.3, -0.25) is 10.1 Å². The second-order valence-corrected chi connectivity index (χ2v) is 5.65. The molecule has 19 heavy (non-hydrogen) atoms.